The molecule has 0 bridgehead atoms. The normalized spacial score (nSPS) is 11.8. The quantitative estimate of drug-likeness (QED) is 0.614. The first-order valence-electron chi connectivity index (χ1n) is 2.25. The van der Waals surface area contributed by atoms with Crippen LogP contribution in [0.2, 0.25) is 0 Å². The van der Waals surface area contributed by atoms with Crippen molar-refractivity contribution in [3.8, 4) is 0 Å². The van der Waals surface area contributed by atoms with Crippen LogP contribution in [0.3, 0.4) is 0 Å². The Bertz CT molecular complexity index is 90.6. The Labute approximate surface area is 58.4 Å². The summed E-state index contributed by atoms with van der Waals surface area (Å²) in [4.78, 5) is 9.66. The molecule has 0 aromatic rings. The third-order valence-electron chi connectivity index (χ3n) is 0.688. The molecule has 0 saturated carbocycles. The number of carboxylic acids is 1. The molecule has 3 N–H and O–H groups in total. The first-order valence-corrected chi connectivity index (χ1v) is 2.25. The molecule has 9 heavy (non-hydrogen) atoms. The number of rotatable bonds is 3. The molecule has 0 amide bonds. The molecule has 0 heterocycles. The molecule has 0 fully saturated rings. The molecule has 0 aliphatic carbocycles. The van der Waals surface area contributed by atoms with Crippen LogP contribution in [0.15, 0.2) is 0 Å². The highest BCUT2D eigenvalue weighted by atomic mass is 35.5. The topological polar surface area (TPSA) is 63.3 Å². The molecule has 0 radical (unpaired) electrons. The molecule has 1 atom stereocenters. The van der Waals surface area contributed by atoms with Gasteiger partial charge in [0.1, 0.15) is 0 Å². The molecule has 0 saturated heterocycles. The third kappa shape index (κ3) is 5.52. The van der Waals surface area contributed by atoms with Crippen LogP contribution >= 0.6 is 12.4 Å². The van der Waals surface area contributed by atoms with E-state index in [1.54, 1.807) is 0 Å². The summed E-state index contributed by atoms with van der Waals surface area (Å²) in [6.07, 6.45) is -1.89. The molecular weight excluding hydrogens is 148 g/mol. The zero-order valence-electron chi connectivity index (χ0n) is 4.71. The molecule has 0 unspecified atom stereocenters. The van der Waals surface area contributed by atoms with Gasteiger partial charge in [-0.1, -0.05) is 0 Å². The van der Waals surface area contributed by atoms with Gasteiger partial charge in [0, 0.05) is 6.42 Å². The smallest absolute Gasteiger partial charge is 0.338 e. The minimum absolute atomic E-state index is 0. The van der Waals surface area contributed by atoms with Crippen molar-refractivity contribution in [2.24, 2.45) is 5.73 Å². The van der Waals surface area contributed by atoms with E-state index in [-0.39, 0.29) is 25.4 Å². The van der Waals surface area contributed by atoms with Gasteiger partial charge < -0.3 is 10.8 Å². The highest BCUT2D eigenvalue weighted by molar-refractivity contribution is 5.85. The third-order valence-corrected chi connectivity index (χ3v) is 0.688. The Balaban J connectivity index is 0. The lowest BCUT2D eigenvalue weighted by Gasteiger charge is -1.96. The lowest BCUT2D eigenvalue weighted by Crippen LogP contribution is -2.18. The Kier molecular flexibility index (Phi) is 7.35. The molecular formula is C4H9ClFNO2. The number of carboxylic acid groups (broad SMARTS) is 1. The van der Waals surface area contributed by atoms with Gasteiger partial charge in [0.05, 0.1) is 0 Å². The van der Waals surface area contributed by atoms with Crippen molar-refractivity contribution in [1.29, 1.82) is 0 Å². The lowest BCUT2D eigenvalue weighted by molar-refractivity contribution is -0.142. The van der Waals surface area contributed by atoms with Crippen LogP contribution < -0.4 is 5.73 Å². The summed E-state index contributed by atoms with van der Waals surface area (Å²) in [5.74, 6) is -1.43. The van der Waals surface area contributed by atoms with Crippen molar-refractivity contribution < 1.29 is 14.3 Å². The predicted molar refractivity (Wildman–Crippen MR) is 33.5 cm³/mol. The van der Waals surface area contributed by atoms with Crippen LogP contribution in [-0.2, 0) is 4.79 Å². The lowest BCUT2D eigenvalue weighted by atomic mass is 10.3. The fourth-order valence-electron chi connectivity index (χ4n) is 0.270. The number of carbonyl (C=O) groups is 1. The van der Waals surface area contributed by atoms with Gasteiger partial charge in [-0.15, -0.1) is 12.4 Å². The largest absolute Gasteiger partial charge is 0.479 e. The number of hydrogen-bond donors (Lipinski definition) is 2. The zero-order valence-corrected chi connectivity index (χ0v) is 5.53. The van der Waals surface area contributed by atoms with E-state index in [2.05, 4.69) is 0 Å². The first kappa shape index (κ1) is 11.4. The minimum Gasteiger partial charge on any atom is -0.479 e. The van der Waals surface area contributed by atoms with Crippen molar-refractivity contribution >= 4 is 18.4 Å². The molecule has 0 rings (SSSR count). The van der Waals surface area contributed by atoms with E-state index in [0.29, 0.717) is 0 Å². The molecule has 0 spiro atoms. The van der Waals surface area contributed by atoms with Crippen LogP contribution in [0.25, 0.3) is 0 Å². The maximum absolute atomic E-state index is 11.8. The maximum atomic E-state index is 11.8. The molecule has 5 heteroatoms. The number of halogens is 2. The maximum Gasteiger partial charge on any atom is 0.338 e. The second-order valence-corrected chi connectivity index (χ2v) is 1.38. The fraction of sp³-hybridized carbons (Fsp3) is 0.750. The van der Waals surface area contributed by atoms with Crippen molar-refractivity contribution in [2.45, 2.75) is 12.6 Å². The van der Waals surface area contributed by atoms with Crippen LogP contribution in [-0.4, -0.2) is 23.8 Å². The van der Waals surface area contributed by atoms with Gasteiger partial charge in [0.15, 0.2) is 6.17 Å². The van der Waals surface area contributed by atoms with Crippen molar-refractivity contribution in [2.75, 3.05) is 6.54 Å². The van der Waals surface area contributed by atoms with Gasteiger partial charge in [-0.25, -0.2) is 9.18 Å². The van der Waals surface area contributed by atoms with Crippen molar-refractivity contribution in [1.82, 2.24) is 0 Å². The second kappa shape index (κ2) is 5.78. The molecule has 0 aromatic carbocycles. The predicted octanol–water partition coefficient (Wildman–Crippen LogP) is 0.180. The summed E-state index contributed by atoms with van der Waals surface area (Å²) in [5, 5.41) is 7.88. The number of nitrogens with two attached hydrogens (primary N) is 1. The zero-order chi connectivity index (χ0) is 6.57. The summed E-state index contributed by atoms with van der Waals surface area (Å²) in [6.45, 7) is 0.0769. The van der Waals surface area contributed by atoms with Gasteiger partial charge in [0.25, 0.3) is 0 Å². The fourth-order valence-corrected chi connectivity index (χ4v) is 0.270. The highest BCUT2D eigenvalue weighted by Crippen LogP contribution is 1.93. The van der Waals surface area contributed by atoms with E-state index < -0.39 is 12.1 Å². The summed E-state index contributed by atoms with van der Waals surface area (Å²) in [5.41, 5.74) is 4.86. The Morgan fingerprint density at radius 1 is 1.78 bits per heavy atom. The summed E-state index contributed by atoms with van der Waals surface area (Å²) >= 11 is 0. The highest BCUT2D eigenvalue weighted by Gasteiger charge is 2.12. The SMILES string of the molecule is Cl.NCC[C@H](F)C(=O)O. The number of hydrogen-bond acceptors (Lipinski definition) is 2. The van der Waals surface area contributed by atoms with Gasteiger partial charge in [0.2, 0.25) is 0 Å². The van der Waals surface area contributed by atoms with E-state index in [1.807, 2.05) is 0 Å². The van der Waals surface area contributed by atoms with Gasteiger partial charge >= 0.3 is 5.97 Å². The first-order chi connectivity index (χ1) is 3.68. The van der Waals surface area contributed by atoms with Crippen molar-refractivity contribution in [3.05, 3.63) is 0 Å². The Morgan fingerprint density at radius 2 is 2.22 bits per heavy atom. The Hall–Kier alpha value is -0.350. The molecule has 3 nitrogen and oxygen atoms in total. The van der Waals surface area contributed by atoms with E-state index in [1.165, 1.54) is 0 Å². The summed E-state index contributed by atoms with van der Waals surface area (Å²) in [6, 6.07) is 0. The van der Waals surface area contributed by atoms with Gasteiger partial charge in [-0.05, 0) is 6.54 Å². The van der Waals surface area contributed by atoms with Gasteiger partial charge in [-0.3, -0.25) is 0 Å². The van der Waals surface area contributed by atoms with E-state index >= 15 is 0 Å². The van der Waals surface area contributed by atoms with Crippen molar-refractivity contribution in [3.63, 3.8) is 0 Å². The monoisotopic (exact) mass is 157 g/mol. The number of alkyl halides is 1. The summed E-state index contributed by atoms with van der Waals surface area (Å²) in [7, 11) is 0. The molecule has 0 aromatic heterocycles. The molecule has 0 aliphatic rings. The van der Waals surface area contributed by atoms with E-state index in [9.17, 15) is 9.18 Å². The van der Waals surface area contributed by atoms with Crippen LogP contribution in [0, 0.1) is 0 Å². The van der Waals surface area contributed by atoms with E-state index in [0.717, 1.165) is 0 Å². The molecule has 0 aliphatic heterocycles. The van der Waals surface area contributed by atoms with Crippen LogP contribution in [0.1, 0.15) is 6.42 Å². The average molecular weight is 158 g/mol. The minimum atomic E-state index is -1.79. The van der Waals surface area contributed by atoms with Crippen LogP contribution in [0.4, 0.5) is 4.39 Å². The van der Waals surface area contributed by atoms with E-state index in [4.69, 9.17) is 10.8 Å². The molecule has 56 valence electrons. The number of aliphatic carboxylic acids is 1. The average Bonchev–Trinajstić information content (AvgIpc) is 1.67. The van der Waals surface area contributed by atoms with Crippen LogP contribution in [0.5, 0.6) is 0 Å². The Morgan fingerprint density at radius 3 is 2.33 bits per heavy atom. The summed E-state index contributed by atoms with van der Waals surface area (Å²) < 4.78 is 11.8. The second-order valence-electron chi connectivity index (χ2n) is 1.38. The standard InChI is InChI=1S/C4H8FNO2.ClH/c5-3(1-2-6)4(7)8;/h3H,1-2,6H2,(H,7,8);1H/t3-;/m0./s1. The van der Waals surface area contributed by atoms with Gasteiger partial charge in [-0.2, -0.15) is 0 Å².